The number of para-hydroxylation sites is 1. The van der Waals surface area contributed by atoms with Crippen molar-refractivity contribution in [3.63, 3.8) is 0 Å². The molecule has 2 aromatic rings. The van der Waals surface area contributed by atoms with Crippen LogP contribution >= 0.6 is 0 Å². The summed E-state index contributed by atoms with van der Waals surface area (Å²) in [6.07, 6.45) is 0.956. The smallest absolute Gasteiger partial charge is 0.327 e. The van der Waals surface area contributed by atoms with E-state index in [-0.39, 0.29) is 11.8 Å². The summed E-state index contributed by atoms with van der Waals surface area (Å²) in [4.78, 5) is 42.4. The Labute approximate surface area is 193 Å². The lowest BCUT2D eigenvalue weighted by Crippen LogP contribution is -2.56. The number of ether oxygens (including phenoxy) is 2. The van der Waals surface area contributed by atoms with Gasteiger partial charge in [0.2, 0.25) is 11.8 Å². The predicted molar refractivity (Wildman–Crippen MR) is 122 cm³/mol. The second-order valence-electron chi connectivity index (χ2n) is 10.1. The molecule has 172 valence electrons. The van der Waals surface area contributed by atoms with Gasteiger partial charge in [0, 0.05) is 0 Å². The van der Waals surface area contributed by atoms with Crippen molar-refractivity contribution in [1.29, 1.82) is 0 Å². The molecule has 0 unspecified atom stereocenters. The summed E-state index contributed by atoms with van der Waals surface area (Å²) in [6, 6.07) is 16.4. The molecule has 3 heterocycles. The van der Waals surface area contributed by atoms with Gasteiger partial charge in [0.15, 0.2) is 0 Å². The number of fused-ring (bicyclic) bond motifs is 5. The van der Waals surface area contributed by atoms with Gasteiger partial charge >= 0.3 is 5.97 Å². The number of nitrogens with one attached hydrogen (secondary N) is 1. The molecule has 7 nitrogen and oxygen atoms in total. The number of anilines is 1. The van der Waals surface area contributed by atoms with Crippen LogP contribution < -0.4 is 15.0 Å². The third-order valence-corrected chi connectivity index (χ3v) is 7.11. The number of rotatable bonds is 4. The average Bonchev–Trinajstić information content (AvgIpc) is 3.42. The van der Waals surface area contributed by atoms with Crippen LogP contribution in [0.25, 0.3) is 0 Å². The zero-order chi connectivity index (χ0) is 23.6. The number of methoxy groups -OCH3 is 1. The van der Waals surface area contributed by atoms with Gasteiger partial charge in [-0.25, -0.2) is 4.90 Å². The lowest BCUT2D eigenvalue weighted by molar-refractivity contribution is -0.165. The lowest BCUT2D eigenvalue weighted by Gasteiger charge is -2.34. The van der Waals surface area contributed by atoms with Crippen molar-refractivity contribution in [3.05, 3.63) is 60.2 Å². The van der Waals surface area contributed by atoms with Crippen molar-refractivity contribution < 1.29 is 23.9 Å². The third kappa shape index (κ3) is 3.02. The van der Waals surface area contributed by atoms with E-state index in [1.807, 2.05) is 30.3 Å². The Morgan fingerprint density at radius 2 is 1.61 bits per heavy atom. The van der Waals surface area contributed by atoms with Crippen LogP contribution in [-0.2, 0) is 24.7 Å². The summed E-state index contributed by atoms with van der Waals surface area (Å²) in [5.74, 6) is -1.97. The van der Waals surface area contributed by atoms with Crippen molar-refractivity contribution in [1.82, 2.24) is 5.32 Å². The van der Waals surface area contributed by atoms with Crippen LogP contribution in [0.2, 0.25) is 0 Å². The minimum Gasteiger partial charge on any atom is -0.497 e. The zero-order valence-electron chi connectivity index (χ0n) is 19.3. The fourth-order valence-corrected chi connectivity index (χ4v) is 5.81. The number of nitrogens with zero attached hydrogens (tertiary/aromatic N) is 1. The SMILES string of the molecule is COc1ccc([C@]23CC[C@](C(=O)OC(C)(C)C)(N2)[C@@H]2C(=O)N(c4ccccc4)C(=O)[C@@H]23)cc1. The van der Waals surface area contributed by atoms with Crippen LogP contribution in [0, 0.1) is 11.8 Å². The van der Waals surface area contributed by atoms with Crippen LogP contribution in [-0.4, -0.2) is 36.0 Å². The van der Waals surface area contributed by atoms with E-state index < -0.39 is 34.5 Å². The molecule has 3 aliphatic rings. The van der Waals surface area contributed by atoms with Crippen LogP contribution in [0.1, 0.15) is 39.2 Å². The maximum absolute atomic E-state index is 13.8. The molecule has 0 aromatic heterocycles. The van der Waals surface area contributed by atoms with Gasteiger partial charge in [-0.1, -0.05) is 30.3 Å². The maximum atomic E-state index is 13.8. The van der Waals surface area contributed by atoms with E-state index in [2.05, 4.69) is 5.32 Å². The summed E-state index contributed by atoms with van der Waals surface area (Å²) in [5.41, 5.74) is -1.44. The Kier molecular flexibility index (Phi) is 4.69. The second kappa shape index (κ2) is 7.15. The molecule has 7 heteroatoms. The number of imide groups is 1. The van der Waals surface area contributed by atoms with E-state index in [4.69, 9.17) is 9.47 Å². The van der Waals surface area contributed by atoms with Crippen molar-refractivity contribution in [2.75, 3.05) is 12.0 Å². The predicted octanol–water partition coefficient (Wildman–Crippen LogP) is 3.17. The molecule has 0 saturated carbocycles. The van der Waals surface area contributed by atoms with Crippen LogP contribution in [0.4, 0.5) is 5.69 Å². The van der Waals surface area contributed by atoms with E-state index in [1.54, 1.807) is 52.1 Å². The first-order valence-corrected chi connectivity index (χ1v) is 11.2. The van der Waals surface area contributed by atoms with E-state index in [0.29, 0.717) is 24.3 Å². The van der Waals surface area contributed by atoms with Gasteiger partial charge in [-0.15, -0.1) is 0 Å². The number of amides is 2. The first-order chi connectivity index (χ1) is 15.6. The molecule has 2 bridgehead atoms. The molecule has 2 aromatic carbocycles. The van der Waals surface area contributed by atoms with E-state index >= 15 is 0 Å². The first kappa shape index (κ1) is 21.6. The molecule has 4 atom stereocenters. The first-order valence-electron chi connectivity index (χ1n) is 11.2. The third-order valence-electron chi connectivity index (χ3n) is 7.11. The highest BCUT2D eigenvalue weighted by atomic mass is 16.6. The molecule has 33 heavy (non-hydrogen) atoms. The van der Waals surface area contributed by atoms with Gasteiger partial charge in [0.05, 0.1) is 30.2 Å². The topological polar surface area (TPSA) is 84.9 Å². The van der Waals surface area contributed by atoms with Gasteiger partial charge in [-0.2, -0.15) is 0 Å². The Balaban J connectivity index is 1.65. The van der Waals surface area contributed by atoms with Crippen LogP contribution in [0.5, 0.6) is 5.75 Å². The maximum Gasteiger partial charge on any atom is 0.327 e. The monoisotopic (exact) mass is 448 g/mol. The van der Waals surface area contributed by atoms with Gasteiger partial charge in [-0.3, -0.25) is 19.7 Å². The number of benzene rings is 2. The van der Waals surface area contributed by atoms with Gasteiger partial charge in [-0.05, 0) is 63.4 Å². The number of carbonyl (C=O) groups is 3. The quantitative estimate of drug-likeness (QED) is 0.571. The molecule has 3 fully saturated rings. The van der Waals surface area contributed by atoms with E-state index in [9.17, 15) is 14.4 Å². The summed E-state index contributed by atoms with van der Waals surface area (Å²) >= 11 is 0. The number of carbonyl (C=O) groups excluding carboxylic acids is 3. The van der Waals surface area contributed by atoms with Crippen LogP contribution in [0.15, 0.2) is 54.6 Å². The van der Waals surface area contributed by atoms with E-state index in [1.165, 1.54) is 4.90 Å². The van der Waals surface area contributed by atoms with Crippen molar-refractivity contribution >= 4 is 23.5 Å². The van der Waals surface area contributed by atoms with Crippen molar-refractivity contribution in [3.8, 4) is 5.75 Å². The lowest BCUT2D eigenvalue weighted by atomic mass is 9.65. The molecule has 2 amide bonds. The van der Waals surface area contributed by atoms with Crippen molar-refractivity contribution in [2.45, 2.75) is 50.3 Å². The zero-order valence-corrected chi connectivity index (χ0v) is 19.3. The highest BCUT2D eigenvalue weighted by Gasteiger charge is 2.77. The Hall–Kier alpha value is -3.19. The molecular formula is C26H28N2O5. The summed E-state index contributed by atoms with van der Waals surface area (Å²) < 4.78 is 11.1. The molecular weight excluding hydrogens is 420 g/mol. The largest absolute Gasteiger partial charge is 0.497 e. The fraction of sp³-hybridized carbons (Fsp3) is 0.423. The molecule has 3 saturated heterocycles. The van der Waals surface area contributed by atoms with E-state index in [0.717, 1.165) is 5.56 Å². The number of hydrogen-bond acceptors (Lipinski definition) is 6. The summed E-state index contributed by atoms with van der Waals surface area (Å²) in [5, 5.41) is 3.48. The number of esters is 1. The molecule has 1 N–H and O–H groups in total. The standard InChI is InChI=1S/C26H28N2O5/c1-24(2,3)33-23(31)26-15-14-25(27-26,16-10-12-18(32-4)13-11-16)19-20(26)22(30)28(21(19)29)17-8-6-5-7-9-17/h5-13,19-20,27H,14-15H2,1-4H3/t19-,20+,25+,26+/m1/s1. The molecule has 0 spiro atoms. The van der Waals surface area contributed by atoms with Gasteiger partial charge in [0.1, 0.15) is 16.9 Å². The minimum atomic E-state index is -1.26. The minimum absolute atomic E-state index is 0.287. The van der Waals surface area contributed by atoms with Crippen LogP contribution in [0.3, 0.4) is 0 Å². The number of hydrogen-bond donors (Lipinski definition) is 1. The van der Waals surface area contributed by atoms with Crippen molar-refractivity contribution in [2.24, 2.45) is 11.8 Å². The average molecular weight is 449 g/mol. The van der Waals surface area contributed by atoms with Gasteiger partial charge in [0.25, 0.3) is 0 Å². The highest BCUT2D eigenvalue weighted by Crippen LogP contribution is 2.61. The Morgan fingerprint density at radius 3 is 2.21 bits per heavy atom. The second-order valence-corrected chi connectivity index (χ2v) is 10.1. The summed E-state index contributed by atoms with van der Waals surface area (Å²) in [6.45, 7) is 5.41. The van der Waals surface area contributed by atoms with Gasteiger partial charge < -0.3 is 9.47 Å². The molecule has 0 aliphatic carbocycles. The highest BCUT2D eigenvalue weighted by molar-refractivity contribution is 6.24. The molecule has 3 aliphatic heterocycles. The fourth-order valence-electron chi connectivity index (χ4n) is 5.81. The summed E-state index contributed by atoms with van der Waals surface area (Å²) in [7, 11) is 1.59. The Bertz CT molecular complexity index is 1120. The molecule has 0 radical (unpaired) electrons. The Morgan fingerprint density at radius 1 is 0.970 bits per heavy atom. The normalized spacial score (nSPS) is 30.5. The molecule has 5 rings (SSSR count).